The summed E-state index contributed by atoms with van der Waals surface area (Å²) < 4.78 is 53.4. The van der Waals surface area contributed by atoms with Crippen molar-refractivity contribution >= 4 is 51.8 Å². The minimum absolute atomic E-state index is 0.0630. The topological polar surface area (TPSA) is 120 Å². The highest BCUT2D eigenvalue weighted by Crippen LogP contribution is 2.32. The fourth-order valence-corrected chi connectivity index (χ4v) is 5.30. The zero-order valence-electron chi connectivity index (χ0n) is 23.7. The van der Waals surface area contributed by atoms with Crippen LogP contribution in [0, 0.1) is 6.92 Å². The third kappa shape index (κ3) is 8.12. The van der Waals surface area contributed by atoms with Gasteiger partial charge < -0.3 is 19.5 Å². The number of ether oxygens (including phenoxy) is 3. The molecule has 234 valence electrons. The summed E-state index contributed by atoms with van der Waals surface area (Å²) in [6, 6.07) is 14.7. The fourth-order valence-electron chi connectivity index (χ4n) is 4.21. The number of anilines is 2. The summed E-state index contributed by atoms with van der Waals surface area (Å²) in [6.07, 6.45) is -3.40. The average molecular weight is 661 g/mol. The Kier molecular flexibility index (Phi) is 9.60. The van der Waals surface area contributed by atoms with Crippen LogP contribution in [-0.2, 0) is 22.7 Å². The van der Waals surface area contributed by atoms with Crippen LogP contribution in [0.25, 0.3) is 5.69 Å². The number of rotatable bonds is 9. The molecule has 0 spiro atoms. The molecule has 2 heterocycles. The van der Waals surface area contributed by atoms with Crippen LogP contribution in [0.2, 0.25) is 5.02 Å². The molecule has 1 saturated heterocycles. The number of carbonyl (C=O) groups excluding carboxylic acids is 2. The van der Waals surface area contributed by atoms with Gasteiger partial charge in [-0.25, -0.2) is 14.5 Å². The number of hydrogen-bond acceptors (Lipinski definition) is 8. The van der Waals surface area contributed by atoms with Gasteiger partial charge in [0.05, 0.1) is 28.8 Å². The Morgan fingerprint density at radius 1 is 1.11 bits per heavy atom. The number of aromatic nitrogens is 3. The number of urea groups is 1. The lowest BCUT2D eigenvalue weighted by atomic mass is 10.1. The maximum atomic E-state index is 12.8. The Balaban J connectivity index is 1.21. The molecule has 45 heavy (non-hydrogen) atoms. The number of benzene rings is 3. The van der Waals surface area contributed by atoms with E-state index < -0.39 is 12.4 Å². The van der Waals surface area contributed by atoms with Crippen LogP contribution in [0.15, 0.2) is 72.0 Å². The van der Waals surface area contributed by atoms with E-state index in [1.165, 1.54) is 34.1 Å². The molecule has 0 saturated carbocycles. The summed E-state index contributed by atoms with van der Waals surface area (Å²) in [5, 5.41) is 7.33. The number of thioether (sulfide) groups is 1. The molecular weight excluding hydrogens is 637 g/mol. The second-order valence-electron chi connectivity index (χ2n) is 9.49. The molecule has 1 N–H and O–H groups in total. The minimum Gasteiger partial charge on any atom is -0.484 e. The van der Waals surface area contributed by atoms with Crippen molar-refractivity contribution < 1.29 is 37.0 Å². The van der Waals surface area contributed by atoms with Gasteiger partial charge in [0.1, 0.15) is 24.4 Å². The second-order valence-corrected chi connectivity index (χ2v) is 10.8. The molecule has 0 aliphatic carbocycles. The number of methoxy groups -OCH3 is 1. The first-order valence-electron chi connectivity index (χ1n) is 13.1. The first-order chi connectivity index (χ1) is 21.5. The van der Waals surface area contributed by atoms with Crippen molar-refractivity contribution in [3.05, 3.63) is 89.0 Å². The van der Waals surface area contributed by atoms with Crippen LogP contribution in [0.5, 0.6) is 11.5 Å². The lowest BCUT2D eigenvalue weighted by Gasteiger charge is -2.20. The second kappa shape index (κ2) is 13.6. The van der Waals surface area contributed by atoms with Gasteiger partial charge in [-0.05, 0) is 61.0 Å². The molecule has 5 rings (SSSR count). The highest BCUT2D eigenvalue weighted by Gasteiger charge is 2.32. The number of aryl methyl sites for hydroxylation is 1. The fraction of sp³-hybridized carbons (Fsp3) is 0.207. The van der Waals surface area contributed by atoms with Gasteiger partial charge >= 0.3 is 12.4 Å². The van der Waals surface area contributed by atoms with Gasteiger partial charge in [-0.15, -0.1) is 18.3 Å². The van der Waals surface area contributed by atoms with Crippen LogP contribution in [0.1, 0.15) is 17.0 Å². The van der Waals surface area contributed by atoms with E-state index in [0.717, 1.165) is 35.0 Å². The van der Waals surface area contributed by atoms with Crippen molar-refractivity contribution in [3.63, 3.8) is 0 Å². The van der Waals surface area contributed by atoms with E-state index in [1.54, 1.807) is 19.2 Å². The van der Waals surface area contributed by atoms with Crippen molar-refractivity contribution in [2.45, 2.75) is 26.5 Å². The van der Waals surface area contributed by atoms with Crippen molar-refractivity contribution in [2.75, 3.05) is 23.1 Å². The van der Waals surface area contributed by atoms with Crippen molar-refractivity contribution in [2.24, 2.45) is 4.99 Å². The predicted molar refractivity (Wildman–Crippen MR) is 162 cm³/mol. The number of nitrogens with zero attached hydrogens (tertiary/aromatic N) is 5. The first-order valence-corrected chi connectivity index (χ1v) is 14.5. The highest BCUT2D eigenvalue weighted by molar-refractivity contribution is 8.15. The smallest absolute Gasteiger partial charge is 0.484 e. The Labute approximate surface area is 263 Å². The lowest BCUT2D eigenvalue weighted by molar-refractivity contribution is -0.274. The normalized spacial score (nSPS) is 14.2. The van der Waals surface area contributed by atoms with E-state index in [2.05, 4.69) is 25.1 Å². The Bertz CT molecular complexity index is 1750. The number of alkyl halides is 3. The standard InChI is InChI=1S/C29H24ClF3N6O5S/c1-17-3-4-18(13-42-2)23(11-17)39-26(40)15-45-28(39)36-27(41)35-19-5-10-24(22(30)12-19)43-14-25-34-16-38(37-25)20-6-8-21(9-7-20)44-29(31,32)33/h3-12,16H,13-15H2,1-2H3,(H,35,41). The molecule has 1 aromatic heterocycles. The van der Waals surface area contributed by atoms with Crippen LogP contribution < -0.4 is 19.7 Å². The zero-order chi connectivity index (χ0) is 32.1. The number of aliphatic imine (C=N–C) groups is 1. The van der Waals surface area contributed by atoms with E-state index >= 15 is 0 Å². The summed E-state index contributed by atoms with van der Waals surface area (Å²) >= 11 is 7.53. The maximum Gasteiger partial charge on any atom is 0.573 e. The third-order valence-corrected chi connectivity index (χ3v) is 7.38. The number of amides is 3. The summed E-state index contributed by atoms with van der Waals surface area (Å²) in [5.41, 5.74) is 3.13. The summed E-state index contributed by atoms with van der Waals surface area (Å²) in [5.74, 6) is 0.155. The monoisotopic (exact) mass is 660 g/mol. The lowest BCUT2D eigenvalue weighted by Crippen LogP contribution is -2.31. The third-order valence-electron chi connectivity index (χ3n) is 6.16. The number of carbonyl (C=O) groups is 2. The van der Waals surface area contributed by atoms with Gasteiger partial charge in [0.25, 0.3) is 0 Å². The van der Waals surface area contributed by atoms with Crippen LogP contribution in [-0.4, -0.2) is 51.1 Å². The molecule has 16 heteroatoms. The SMILES string of the molecule is COCc1ccc(C)cc1N1C(=O)CSC1=NC(=O)Nc1ccc(OCc2ncn(-c3ccc(OC(F)(F)F)cc3)n2)c(Cl)c1. The predicted octanol–water partition coefficient (Wildman–Crippen LogP) is 6.52. The van der Waals surface area contributed by atoms with E-state index in [1.807, 2.05) is 25.1 Å². The Morgan fingerprint density at radius 2 is 1.89 bits per heavy atom. The largest absolute Gasteiger partial charge is 0.573 e. The molecule has 0 radical (unpaired) electrons. The molecular formula is C29H24ClF3N6O5S. The van der Waals surface area contributed by atoms with Crippen LogP contribution in [0.4, 0.5) is 29.3 Å². The van der Waals surface area contributed by atoms with Crippen LogP contribution in [0.3, 0.4) is 0 Å². The molecule has 3 amide bonds. The first kappa shape index (κ1) is 31.8. The molecule has 1 aliphatic heterocycles. The Hall–Kier alpha value is -4.60. The summed E-state index contributed by atoms with van der Waals surface area (Å²) in [6.45, 7) is 2.12. The summed E-state index contributed by atoms with van der Waals surface area (Å²) in [7, 11) is 1.56. The number of halogens is 4. The quantitative estimate of drug-likeness (QED) is 0.215. The van der Waals surface area contributed by atoms with Gasteiger partial charge in [-0.3, -0.25) is 9.69 Å². The van der Waals surface area contributed by atoms with E-state index in [4.69, 9.17) is 21.1 Å². The van der Waals surface area contributed by atoms with E-state index in [0.29, 0.717) is 22.8 Å². The molecule has 11 nitrogen and oxygen atoms in total. The van der Waals surface area contributed by atoms with Gasteiger partial charge in [-0.2, -0.15) is 4.99 Å². The number of amidine groups is 1. The summed E-state index contributed by atoms with van der Waals surface area (Å²) in [4.78, 5) is 35.2. The van der Waals surface area contributed by atoms with Crippen molar-refractivity contribution in [1.29, 1.82) is 0 Å². The van der Waals surface area contributed by atoms with Crippen molar-refractivity contribution in [3.8, 4) is 17.2 Å². The molecule has 0 atom stereocenters. The van der Waals surface area contributed by atoms with Gasteiger partial charge in [0.15, 0.2) is 11.0 Å². The highest BCUT2D eigenvalue weighted by atomic mass is 35.5. The molecule has 4 aromatic rings. The average Bonchev–Trinajstić information content (AvgIpc) is 3.59. The van der Waals surface area contributed by atoms with Crippen molar-refractivity contribution in [1.82, 2.24) is 14.8 Å². The van der Waals surface area contributed by atoms with E-state index in [-0.39, 0.29) is 46.6 Å². The van der Waals surface area contributed by atoms with Gasteiger partial charge in [0, 0.05) is 18.4 Å². The van der Waals surface area contributed by atoms with Gasteiger partial charge in [-0.1, -0.05) is 35.5 Å². The molecule has 0 bridgehead atoms. The van der Waals surface area contributed by atoms with Gasteiger partial charge in [0.2, 0.25) is 5.91 Å². The molecule has 0 unspecified atom stereocenters. The zero-order valence-corrected chi connectivity index (χ0v) is 25.2. The molecule has 1 aliphatic rings. The maximum absolute atomic E-state index is 12.8. The number of hydrogen-bond donors (Lipinski definition) is 1. The van der Waals surface area contributed by atoms with E-state index in [9.17, 15) is 22.8 Å². The molecule has 1 fully saturated rings. The molecule has 3 aromatic carbocycles. The Morgan fingerprint density at radius 3 is 2.60 bits per heavy atom. The minimum atomic E-state index is -4.78. The number of nitrogens with one attached hydrogen (secondary N) is 1. The van der Waals surface area contributed by atoms with Crippen LogP contribution >= 0.6 is 23.4 Å².